The summed E-state index contributed by atoms with van der Waals surface area (Å²) in [4.78, 5) is 9.06. The van der Waals surface area contributed by atoms with E-state index in [4.69, 9.17) is 27.1 Å². The number of sulfonamides is 1. The number of aromatic nitrogens is 2. The van der Waals surface area contributed by atoms with E-state index in [0.29, 0.717) is 28.9 Å². The number of rotatable bonds is 9. The number of anilines is 2. The Morgan fingerprint density at radius 2 is 1.71 bits per heavy atom. The molecule has 218 valence electrons. The summed E-state index contributed by atoms with van der Waals surface area (Å²) in [6.45, 7) is 0. The highest BCUT2D eigenvalue weighted by molar-refractivity contribution is 7.92. The molecule has 2 aliphatic carbocycles. The number of ether oxygens (including phenoxy) is 1. The van der Waals surface area contributed by atoms with E-state index in [1.807, 2.05) is 12.1 Å². The van der Waals surface area contributed by atoms with Crippen LogP contribution in [0.4, 0.5) is 16.0 Å². The second-order valence-electron chi connectivity index (χ2n) is 10.8. The van der Waals surface area contributed by atoms with Crippen LogP contribution in [0.5, 0.6) is 11.5 Å². The Kier molecular flexibility index (Phi) is 8.02. The van der Waals surface area contributed by atoms with Gasteiger partial charge in [0, 0.05) is 29.9 Å². The van der Waals surface area contributed by atoms with Crippen molar-refractivity contribution in [1.29, 1.82) is 0 Å². The summed E-state index contributed by atoms with van der Waals surface area (Å²) in [7, 11) is -4.02. The Morgan fingerprint density at radius 3 is 2.45 bits per heavy atom. The molecule has 2 saturated carbocycles. The molecule has 42 heavy (non-hydrogen) atoms. The number of halogens is 2. The SMILES string of the molecule is NC1CCC(Nc2nccc(-c3ccc(C4CC4)cc3Oc3ccc(NS(=O)(=O)c4ccccc4Cl)cc3F)n2)CC1. The highest BCUT2D eigenvalue weighted by atomic mass is 35.5. The molecule has 2 aliphatic rings. The van der Waals surface area contributed by atoms with Gasteiger partial charge in [0.25, 0.3) is 10.0 Å². The third-order valence-corrected chi connectivity index (χ3v) is 9.50. The number of nitrogens with zero attached hydrogens (tertiary/aromatic N) is 2. The van der Waals surface area contributed by atoms with Crippen molar-refractivity contribution in [1.82, 2.24) is 9.97 Å². The first-order valence-electron chi connectivity index (χ1n) is 14.0. The summed E-state index contributed by atoms with van der Waals surface area (Å²) in [5.74, 6) is 0.657. The molecular formula is C31H31ClFN5O3S. The van der Waals surface area contributed by atoms with Gasteiger partial charge in [-0.05, 0) is 92.5 Å². The molecule has 0 aliphatic heterocycles. The normalized spacial score (nSPS) is 18.8. The van der Waals surface area contributed by atoms with Crippen molar-refractivity contribution in [2.24, 2.45) is 5.73 Å². The summed E-state index contributed by atoms with van der Waals surface area (Å²) < 4.78 is 49.5. The second-order valence-corrected chi connectivity index (χ2v) is 12.9. The summed E-state index contributed by atoms with van der Waals surface area (Å²) >= 11 is 6.06. The molecule has 11 heteroatoms. The Hall–Kier alpha value is -3.73. The number of benzene rings is 3. The molecule has 1 aromatic heterocycles. The molecular weight excluding hydrogens is 577 g/mol. The monoisotopic (exact) mass is 607 g/mol. The van der Waals surface area contributed by atoms with E-state index in [-0.39, 0.29) is 33.4 Å². The quantitative estimate of drug-likeness (QED) is 0.186. The summed E-state index contributed by atoms with van der Waals surface area (Å²) in [5.41, 5.74) is 8.54. The largest absolute Gasteiger partial charge is 0.454 e. The van der Waals surface area contributed by atoms with Gasteiger partial charge in [0.1, 0.15) is 10.6 Å². The highest BCUT2D eigenvalue weighted by Crippen LogP contribution is 2.44. The summed E-state index contributed by atoms with van der Waals surface area (Å²) in [6.07, 6.45) is 7.73. The minimum Gasteiger partial charge on any atom is -0.454 e. The second kappa shape index (κ2) is 11.9. The molecule has 6 rings (SSSR count). The van der Waals surface area contributed by atoms with E-state index < -0.39 is 15.8 Å². The maximum Gasteiger partial charge on any atom is 0.263 e. The maximum absolute atomic E-state index is 15.3. The fourth-order valence-corrected chi connectivity index (χ4v) is 6.74. The number of hydrogen-bond acceptors (Lipinski definition) is 7. The molecule has 0 saturated heterocycles. The molecule has 0 bridgehead atoms. The molecule has 4 aromatic rings. The third kappa shape index (κ3) is 6.51. The summed E-state index contributed by atoms with van der Waals surface area (Å²) in [5, 5.41) is 3.50. The van der Waals surface area contributed by atoms with Crippen LogP contribution in [0.1, 0.15) is 50.0 Å². The number of nitrogens with one attached hydrogen (secondary N) is 2. The third-order valence-electron chi connectivity index (χ3n) is 7.62. The van der Waals surface area contributed by atoms with Gasteiger partial charge in [-0.2, -0.15) is 0 Å². The van der Waals surface area contributed by atoms with Crippen LogP contribution >= 0.6 is 11.6 Å². The lowest BCUT2D eigenvalue weighted by molar-refractivity contribution is 0.410. The predicted octanol–water partition coefficient (Wildman–Crippen LogP) is 7.09. The first-order valence-corrected chi connectivity index (χ1v) is 15.9. The van der Waals surface area contributed by atoms with Crippen molar-refractivity contribution < 1.29 is 17.5 Å². The van der Waals surface area contributed by atoms with Crippen LogP contribution in [0.2, 0.25) is 5.02 Å². The van der Waals surface area contributed by atoms with Gasteiger partial charge < -0.3 is 15.8 Å². The molecule has 8 nitrogen and oxygen atoms in total. The first kappa shape index (κ1) is 28.4. The van der Waals surface area contributed by atoms with Gasteiger partial charge in [-0.25, -0.2) is 22.8 Å². The van der Waals surface area contributed by atoms with E-state index in [1.54, 1.807) is 24.4 Å². The van der Waals surface area contributed by atoms with Crippen LogP contribution in [-0.4, -0.2) is 30.5 Å². The van der Waals surface area contributed by atoms with Crippen LogP contribution in [0.3, 0.4) is 0 Å². The summed E-state index contributed by atoms with van der Waals surface area (Å²) in [6, 6.07) is 18.2. The van der Waals surface area contributed by atoms with Gasteiger partial charge in [-0.1, -0.05) is 29.8 Å². The Labute approximate surface area is 249 Å². The van der Waals surface area contributed by atoms with Crippen molar-refractivity contribution in [2.45, 2.75) is 61.4 Å². The molecule has 3 aromatic carbocycles. The minimum atomic E-state index is -4.02. The molecule has 0 spiro atoms. The predicted molar refractivity (Wildman–Crippen MR) is 162 cm³/mol. The first-order chi connectivity index (χ1) is 20.2. The smallest absolute Gasteiger partial charge is 0.263 e. The van der Waals surface area contributed by atoms with E-state index in [1.165, 1.54) is 24.3 Å². The molecule has 2 fully saturated rings. The lowest BCUT2D eigenvalue weighted by Gasteiger charge is -2.26. The van der Waals surface area contributed by atoms with E-state index >= 15 is 4.39 Å². The van der Waals surface area contributed by atoms with Gasteiger partial charge in [-0.15, -0.1) is 0 Å². The zero-order valence-corrected chi connectivity index (χ0v) is 24.3. The van der Waals surface area contributed by atoms with Gasteiger partial charge in [0.05, 0.1) is 16.4 Å². The highest BCUT2D eigenvalue weighted by Gasteiger charge is 2.26. The Bertz CT molecular complexity index is 1710. The van der Waals surface area contributed by atoms with E-state index in [0.717, 1.165) is 50.2 Å². The average molecular weight is 608 g/mol. The standard InChI is InChI=1S/C31H31ClFN5O3S/c32-25-3-1-2-4-30(25)42(39,40)38-23-12-14-28(26(33)18-23)41-29-17-20(19-5-6-19)7-13-24(29)27-15-16-35-31(37-27)36-22-10-8-21(34)9-11-22/h1-4,7,12-19,21-22,38H,5-6,8-11,34H2,(H,35,36,37). The van der Waals surface area contributed by atoms with Crippen LogP contribution in [0.25, 0.3) is 11.3 Å². The Balaban J connectivity index is 1.25. The number of nitrogens with two attached hydrogens (primary N) is 1. The van der Waals surface area contributed by atoms with Crippen molar-refractivity contribution >= 4 is 33.3 Å². The molecule has 0 unspecified atom stereocenters. The van der Waals surface area contributed by atoms with Crippen molar-refractivity contribution in [3.63, 3.8) is 0 Å². The van der Waals surface area contributed by atoms with Crippen molar-refractivity contribution in [3.8, 4) is 22.8 Å². The van der Waals surface area contributed by atoms with Crippen LogP contribution < -0.4 is 20.5 Å². The van der Waals surface area contributed by atoms with Crippen LogP contribution in [-0.2, 0) is 10.0 Å². The van der Waals surface area contributed by atoms with Gasteiger partial charge in [-0.3, -0.25) is 4.72 Å². The zero-order valence-electron chi connectivity index (χ0n) is 22.8. The van der Waals surface area contributed by atoms with Crippen molar-refractivity contribution in [2.75, 3.05) is 10.0 Å². The fraction of sp³-hybridized carbons (Fsp3) is 0.290. The van der Waals surface area contributed by atoms with Crippen molar-refractivity contribution in [3.05, 3.63) is 89.3 Å². The Morgan fingerprint density at radius 1 is 0.929 bits per heavy atom. The molecule has 1 heterocycles. The van der Waals surface area contributed by atoms with Gasteiger partial charge in [0.2, 0.25) is 5.95 Å². The fourth-order valence-electron chi connectivity index (χ4n) is 5.17. The molecule has 0 amide bonds. The van der Waals surface area contributed by atoms with E-state index in [2.05, 4.69) is 21.1 Å². The average Bonchev–Trinajstić information content (AvgIpc) is 3.82. The minimum absolute atomic E-state index is 0.0434. The zero-order chi connectivity index (χ0) is 29.3. The van der Waals surface area contributed by atoms with Gasteiger partial charge >= 0.3 is 0 Å². The lowest BCUT2D eigenvalue weighted by Crippen LogP contribution is -2.33. The topological polar surface area (TPSA) is 119 Å². The molecule has 0 atom stereocenters. The van der Waals surface area contributed by atoms with Crippen LogP contribution in [0, 0.1) is 5.82 Å². The van der Waals surface area contributed by atoms with Crippen LogP contribution in [0.15, 0.2) is 77.8 Å². The molecule has 4 N–H and O–H groups in total. The maximum atomic E-state index is 15.3. The van der Waals surface area contributed by atoms with E-state index in [9.17, 15) is 8.42 Å². The van der Waals surface area contributed by atoms with Gasteiger partial charge in [0.15, 0.2) is 11.6 Å². The lowest BCUT2D eigenvalue weighted by atomic mass is 9.92. The molecule has 0 radical (unpaired) electrons. The number of hydrogen-bond donors (Lipinski definition) is 3.